The van der Waals surface area contributed by atoms with E-state index in [-0.39, 0.29) is 5.91 Å². The van der Waals surface area contributed by atoms with Gasteiger partial charge in [-0.25, -0.2) is 0 Å². The summed E-state index contributed by atoms with van der Waals surface area (Å²) >= 11 is 0. The number of nitrogens with zero attached hydrogens (tertiary/aromatic N) is 1. The van der Waals surface area contributed by atoms with E-state index in [0.29, 0.717) is 25.5 Å². The first-order valence-corrected chi connectivity index (χ1v) is 5.95. The maximum absolute atomic E-state index is 11.9. The third kappa shape index (κ3) is 2.41. The first-order chi connectivity index (χ1) is 8.63. The highest BCUT2D eigenvalue weighted by Gasteiger charge is 2.18. The summed E-state index contributed by atoms with van der Waals surface area (Å²) in [7, 11) is 3.51. The summed E-state index contributed by atoms with van der Waals surface area (Å²) in [5.41, 5.74) is 1.84. The van der Waals surface area contributed by atoms with Crippen molar-refractivity contribution in [2.24, 2.45) is 0 Å². The molecule has 5 nitrogen and oxygen atoms in total. The molecule has 1 aromatic rings. The van der Waals surface area contributed by atoms with Gasteiger partial charge in [-0.2, -0.15) is 0 Å². The highest BCUT2D eigenvalue weighted by molar-refractivity contribution is 5.95. The van der Waals surface area contributed by atoms with E-state index in [1.807, 2.05) is 19.1 Å². The second kappa shape index (κ2) is 5.27. The Balaban J connectivity index is 2.30. The first-order valence-electron chi connectivity index (χ1n) is 5.95. The van der Waals surface area contributed by atoms with Crippen molar-refractivity contribution in [3.63, 3.8) is 0 Å². The Bertz CT molecular complexity index is 460. The molecule has 5 heteroatoms. The molecule has 1 aromatic carbocycles. The van der Waals surface area contributed by atoms with Gasteiger partial charge in [-0.3, -0.25) is 4.79 Å². The number of benzene rings is 1. The van der Waals surface area contributed by atoms with Crippen LogP contribution in [0.1, 0.15) is 5.56 Å². The van der Waals surface area contributed by atoms with Gasteiger partial charge < -0.3 is 19.7 Å². The number of carbonyl (C=O) groups excluding carboxylic acids is 1. The Morgan fingerprint density at radius 3 is 2.56 bits per heavy atom. The van der Waals surface area contributed by atoms with Crippen molar-refractivity contribution in [1.82, 2.24) is 5.32 Å². The zero-order valence-electron chi connectivity index (χ0n) is 10.9. The van der Waals surface area contributed by atoms with Crippen molar-refractivity contribution >= 4 is 11.6 Å². The van der Waals surface area contributed by atoms with Gasteiger partial charge >= 0.3 is 0 Å². The summed E-state index contributed by atoms with van der Waals surface area (Å²) in [6, 6.07) is 3.77. The summed E-state index contributed by atoms with van der Waals surface area (Å²) < 4.78 is 11.0. The van der Waals surface area contributed by atoms with Crippen molar-refractivity contribution in [3.05, 3.63) is 17.7 Å². The molecule has 0 atom stereocenters. The standard InChI is InChI=1S/C13H18N2O3/c1-9-6-11-12(18-5-4-17-11)7-10(9)15(3)13(16)8-14-2/h6-7,14H,4-5,8H2,1-3H3. The van der Waals surface area contributed by atoms with Gasteiger partial charge in [0.2, 0.25) is 5.91 Å². The second-order valence-corrected chi connectivity index (χ2v) is 4.27. The van der Waals surface area contributed by atoms with E-state index >= 15 is 0 Å². The summed E-state index contributed by atoms with van der Waals surface area (Å²) in [4.78, 5) is 13.5. The Morgan fingerprint density at radius 1 is 1.33 bits per heavy atom. The van der Waals surface area contributed by atoms with Gasteiger partial charge in [0.1, 0.15) is 13.2 Å². The van der Waals surface area contributed by atoms with Crippen molar-refractivity contribution in [2.45, 2.75) is 6.92 Å². The number of hydrogen-bond donors (Lipinski definition) is 1. The van der Waals surface area contributed by atoms with Crippen LogP contribution in [0.4, 0.5) is 5.69 Å². The topological polar surface area (TPSA) is 50.8 Å². The number of aryl methyl sites for hydroxylation is 1. The van der Waals surface area contributed by atoms with Gasteiger partial charge in [0, 0.05) is 13.1 Å². The minimum Gasteiger partial charge on any atom is -0.486 e. The fourth-order valence-electron chi connectivity index (χ4n) is 1.95. The molecule has 0 radical (unpaired) electrons. The van der Waals surface area contributed by atoms with E-state index in [1.165, 1.54) is 0 Å². The lowest BCUT2D eigenvalue weighted by atomic mass is 10.1. The Labute approximate surface area is 107 Å². The van der Waals surface area contributed by atoms with Crippen LogP contribution >= 0.6 is 0 Å². The van der Waals surface area contributed by atoms with Gasteiger partial charge in [-0.15, -0.1) is 0 Å². The number of ether oxygens (including phenoxy) is 2. The van der Waals surface area contributed by atoms with Crippen LogP contribution in [0.25, 0.3) is 0 Å². The molecule has 1 N–H and O–H groups in total. The van der Waals surface area contributed by atoms with Crippen LogP contribution in [0.2, 0.25) is 0 Å². The Morgan fingerprint density at radius 2 is 1.94 bits per heavy atom. The maximum atomic E-state index is 11.9. The average Bonchev–Trinajstić information content (AvgIpc) is 2.37. The normalized spacial score (nSPS) is 13.3. The van der Waals surface area contributed by atoms with E-state index in [1.54, 1.807) is 19.0 Å². The summed E-state index contributed by atoms with van der Waals surface area (Å²) in [5, 5.41) is 2.85. The van der Waals surface area contributed by atoms with Crippen LogP contribution in [0.5, 0.6) is 11.5 Å². The molecule has 1 aliphatic heterocycles. The highest BCUT2D eigenvalue weighted by Crippen LogP contribution is 2.36. The largest absolute Gasteiger partial charge is 0.486 e. The molecule has 98 valence electrons. The zero-order valence-corrected chi connectivity index (χ0v) is 10.9. The minimum absolute atomic E-state index is 0.0114. The quantitative estimate of drug-likeness (QED) is 0.867. The number of carbonyl (C=O) groups is 1. The fraction of sp³-hybridized carbons (Fsp3) is 0.462. The SMILES string of the molecule is CNCC(=O)N(C)c1cc2c(cc1C)OCCO2. The van der Waals surface area contributed by atoms with E-state index in [2.05, 4.69) is 5.32 Å². The Kier molecular flexibility index (Phi) is 3.72. The molecule has 0 bridgehead atoms. The van der Waals surface area contributed by atoms with Crippen molar-refractivity contribution in [1.29, 1.82) is 0 Å². The number of fused-ring (bicyclic) bond motifs is 1. The number of rotatable bonds is 3. The van der Waals surface area contributed by atoms with Crippen LogP contribution in [0.3, 0.4) is 0 Å². The molecule has 1 heterocycles. The lowest BCUT2D eigenvalue weighted by Gasteiger charge is -2.24. The summed E-state index contributed by atoms with van der Waals surface area (Å²) in [6.07, 6.45) is 0. The summed E-state index contributed by atoms with van der Waals surface area (Å²) in [5.74, 6) is 1.46. The van der Waals surface area contributed by atoms with Crippen molar-refractivity contribution in [3.8, 4) is 11.5 Å². The maximum Gasteiger partial charge on any atom is 0.240 e. The van der Waals surface area contributed by atoms with Gasteiger partial charge in [0.25, 0.3) is 0 Å². The van der Waals surface area contributed by atoms with Crippen molar-refractivity contribution < 1.29 is 14.3 Å². The smallest absolute Gasteiger partial charge is 0.240 e. The lowest BCUT2D eigenvalue weighted by molar-refractivity contribution is -0.117. The average molecular weight is 250 g/mol. The molecule has 0 saturated heterocycles. The molecule has 0 spiro atoms. The predicted molar refractivity (Wildman–Crippen MR) is 69.5 cm³/mol. The van der Waals surface area contributed by atoms with Crippen LogP contribution < -0.4 is 19.7 Å². The molecule has 18 heavy (non-hydrogen) atoms. The van der Waals surface area contributed by atoms with E-state index in [9.17, 15) is 4.79 Å². The van der Waals surface area contributed by atoms with Crippen LogP contribution in [-0.4, -0.2) is 39.8 Å². The van der Waals surface area contributed by atoms with Crippen LogP contribution in [-0.2, 0) is 4.79 Å². The van der Waals surface area contributed by atoms with Crippen molar-refractivity contribution in [2.75, 3.05) is 38.8 Å². The predicted octanol–water partition coefficient (Wildman–Crippen LogP) is 0.948. The molecular weight excluding hydrogens is 232 g/mol. The molecule has 1 aliphatic rings. The van der Waals surface area contributed by atoms with Gasteiger partial charge in [0.15, 0.2) is 11.5 Å². The van der Waals surface area contributed by atoms with Crippen LogP contribution in [0, 0.1) is 6.92 Å². The van der Waals surface area contributed by atoms with Gasteiger partial charge in [-0.1, -0.05) is 0 Å². The second-order valence-electron chi connectivity index (χ2n) is 4.27. The Hall–Kier alpha value is -1.75. The number of anilines is 1. The number of nitrogens with one attached hydrogen (secondary N) is 1. The number of amides is 1. The fourth-order valence-corrected chi connectivity index (χ4v) is 1.95. The zero-order chi connectivity index (χ0) is 13.1. The first kappa shape index (κ1) is 12.7. The number of hydrogen-bond acceptors (Lipinski definition) is 4. The molecule has 2 rings (SSSR count). The minimum atomic E-state index is 0.0114. The molecule has 0 aliphatic carbocycles. The van der Waals surface area contributed by atoms with E-state index in [4.69, 9.17) is 9.47 Å². The lowest BCUT2D eigenvalue weighted by Crippen LogP contribution is -2.34. The monoisotopic (exact) mass is 250 g/mol. The molecule has 1 amide bonds. The van der Waals surface area contributed by atoms with E-state index < -0.39 is 0 Å². The van der Waals surface area contributed by atoms with Gasteiger partial charge in [0.05, 0.1) is 12.2 Å². The molecule has 0 fully saturated rings. The van der Waals surface area contributed by atoms with E-state index in [0.717, 1.165) is 17.0 Å². The third-order valence-electron chi connectivity index (χ3n) is 2.92. The van der Waals surface area contributed by atoms with Crippen LogP contribution in [0.15, 0.2) is 12.1 Å². The molecular formula is C13H18N2O3. The highest BCUT2D eigenvalue weighted by atomic mass is 16.6. The number of likely N-dealkylation sites (N-methyl/N-ethyl adjacent to an activating group) is 2. The molecule has 0 saturated carbocycles. The third-order valence-corrected chi connectivity index (χ3v) is 2.92. The van der Waals surface area contributed by atoms with Gasteiger partial charge in [-0.05, 0) is 25.6 Å². The molecule has 0 unspecified atom stereocenters. The molecule has 0 aromatic heterocycles. The summed E-state index contributed by atoms with van der Waals surface area (Å²) in [6.45, 7) is 3.38.